The van der Waals surface area contributed by atoms with Gasteiger partial charge < -0.3 is 36.2 Å². The second-order valence-electron chi connectivity index (χ2n) is 17.4. The van der Waals surface area contributed by atoms with Gasteiger partial charge in [-0.15, -0.1) is 68.0 Å². The number of hydrogen-bond acceptors (Lipinski definition) is 22. The van der Waals surface area contributed by atoms with Crippen molar-refractivity contribution in [3.8, 4) is 43.4 Å². The number of anilines is 1. The maximum atomic E-state index is 14.0. The van der Waals surface area contributed by atoms with Gasteiger partial charge in [-0.3, -0.25) is 34.6 Å². The number of nitrogens with zero attached hydrogens (tertiary/aromatic N) is 8. The summed E-state index contributed by atoms with van der Waals surface area (Å²) in [5.41, 5.74) is 7.79. The third-order valence-corrected chi connectivity index (χ3v) is 17.8. The summed E-state index contributed by atoms with van der Waals surface area (Å²) in [6.45, 7) is 3.30. The Kier molecular flexibility index (Phi) is 14.4. The number of urea groups is 1. The summed E-state index contributed by atoms with van der Waals surface area (Å²) in [7, 11) is 0. The number of aliphatic hydroxyl groups excluding tert-OH is 1. The highest BCUT2D eigenvalue weighted by Crippen LogP contribution is 2.42. The molecule has 4 atom stereocenters. The first-order valence-corrected chi connectivity index (χ1v) is 27.9. The average molecular weight is 1120 g/mol. The number of fused-ring (bicyclic) bond motifs is 16. The Morgan fingerprint density at radius 3 is 2.26 bits per heavy atom. The van der Waals surface area contributed by atoms with E-state index in [1.165, 1.54) is 44.3 Å². The fraction of sp³-hybridized carbons (Fsp3) is 0.333. The number of nitrogens with one attached hydrogen (secondary N) is 4. The van der Waals surface area contributed by atoms with E-state index in [0.717, 1.165) is 34.0 Å². The van der Waals surface area contributed by atoms with Gasteiger partial charge in [-0.25, -0.2) is 44.5 Å². The van der Waals surface area contributed by atoms with E-state index < -0.39 is 77.8 Å². The number of carbonyl (C=O) groups excluding carboxylic acids is 6. The Bertz CT molecular complexity index is 3350. The SMILES string of the molecule is Cc1sc2nc1C(=O)NCc1nc(cs1)C(=O)NC(=O)N1C[C@H](O)[C@H](C)[C@H]1c1nc(cs1)-c1nc(cs1)-c1nc(-c3nc(NC(=O)OC4CCC(C(=O)O)CC4)cs3)ccc1-c1nc(cs1)C(=O)N[C@H]2CC(N)=O. The van der Waals surface area contributed by atoms with Gasteiger partial charge >= 0.3 is 18.1 Å². The number of imide groups is 1. The standard InChI is InChI=1S/C45H41N13O10S6/c1-17-28(59)11-58-34(17)42-53-27(15-72-42)40-51-24(12-71-40)33-21(7-8-22(49-33)39-54-30(16-73-39)55-45(67)68-20-5-3-19(4-6-20)43(64)65)38-52-26(14-70-38)35(61)50-23(9-29(46)60)41-56-32(18(2)74-41)37(63)47-10-31-48-25(13-69-31)36(62)57-44(58)66/h7-8,12-17,19-20,23,28,34,59H,3-6,9-11H2,1-2H3,(H2,46,60)(H,47,63)(H,50,61)(H,55,67)(H,64,65)(H,57,62,66)/t17-,19?,20?,23-,28-,34-/m0/s1. The zero-order chi connectivity index (χ0) is 51.9. The van der Waals surface area contributed by atoms with Crippen molar-refractivity contribution in [3.63, 3.8) is 0 Å². The molecule has 74 heavy (non-hydrogen) atoms. The number of primary amides is 1. The highest BCUT2D eigenvalue weighted by molar-refractivity contribution is 7.15. The topological polar surface area (TPSA) is 337 Å². The lowest BCUT2D eigenvalue weighted by Gasteiger charge is -2.25. The van der Waals surface area contributed by atoms with E-state index in [9.17, 15) is 43.8 Å². The van der Waals surface area contributed by atoms with Crippen molar-refractivity contribution in [1.29, 1.82) is 0 Å². The molecule has 0 radical (unpaired) electrons. The smallest absolute Gasteiger partial charge is 0.413 e. The predicted molar refractivity (Wildman–Crippen MR) is 274 cm³/mol. The molecule has 0 aromatic carbocycles. The summed E-state index contributed by atoms with van der Waals surface area (Å²) < 4.78 is 5.58. The highest BCUT2D eigenvalue weighted by atomic mass is 32.1. The third kappa shape index (κ3) is 10.7. The molecule has 10 rings (SSSR count). The molecule has 7 aromatic rings. The van der Waals surface area contributed by atoms with Gasteiger partial charge in [0.15, 0.2) is 0 Å². The number of thiazole rings is 6. The molecule has 0 unspecified atom stereocenters. The van der Waals surface area contributed by atoms with Crippen molar-refractivity contribution in [1.82, 2.24) is 55.7 Å². The van der Waals surface area contributed by atoms with Crippen LogP contribution in [0.5, 0.6) is 0 Å². The van der Waals surface area contributed by atoms with Crippen LogP contribution in [0, 0.1) is 18.8 Å². The Balaban J connectivity index is 0.988. The number of ether oxygens (including phenoxy) is 1. The van der Waals surface area contributed by atoms with Crippen molar-refractivity contribution in [2.24, 2.45) is 17.6 Å². The Morgan fingerprint density at radius 2 is 1.47 bits per heavy atom. The molecule has 2 fully saturated rings. The second kappa shape index (κ2) is 21.1. The van der Waals surface area contributed by atoms with Crippen LogP contribution in [-0.2, 0) is 20.9 Å². The van der Waals surface area contributed by atoms with Gasteiger partial charge in [0.25, 0.3) is 17.7 Å². The second-order valence-corrected chi connectivity index (χ2v) is 23.0. The summed E-state index contributed by atoms with van der Waals surface area (Å²) in [4.78, 5) is 126. The number of rotatable bonds is 6. The number of nitrogens with two attached hydrogens (primary N) is 1. The van der Waals surface area contributed by atoms with Crippen LogP contribution >= 0.6 is 68.0 Å². The number of aliphatic carboxylic acids is 1. The minimum absolute atomic E-state index is 0.00982. The number of carboxylic acid groups (broad SMARTS) is 1. The van der Waals surface area contributed by atoms with Crippen molar-refractivity contribution < 1.29 is 48.5 Å². The Morgan fingerprint density at radius 1 is 0.770 bits per heavy atom. The largest absolute Gasteiger partial charge is 0.481 e. The van der Waals surface area contributed by atoms with Gasteiger partial charge in [0, 0.05) is 49.8 Å². The lowest BCUT2D eigenvalue weighted by molar-refractivity contribution is -0.143. The zero-order valence-electron chi connectivity index (χ0n) is 38.7. The third-order valence-electron chi connectivity index (χ3n) is 12.4. The van der Waals surface area contributed by atoms with Crippen LogP contribution in [0.15, 0.2) is 39.0 Å². The van der Waals surface area contributed by atoms with Crippen LogP contribution < -0.4 is 27.0 Å². The predicted octanol–water partition coefficient (Wildman–Crippen LogP) is 6.48. The Hall–Kier alpha value is -7.02. The highest BCUT2D eigenvalue weighted by Gasteiger charge is 2.44. The fourth-order valence-corrected chi connectivity index (χ4v) is 13.7. The molecular weight excluding hydrogens is 1070 g/mol. The molecule has 8 N–H and O–H groups in total. The van der Waals surface area contributed by atoms with E-state index in [2.05, 4.69) is 36.2 Å². The van der Waals surface area contributed by atoms with E-state index in [1.807, 2.05) is 0 Å². The van der Waals surface area contributed by atoms with E-state index >= 15 is 0 Å². The lowest BCUT2D eigenvalue weighted by atomic mass is 9.87. The van der Waals surface area contributed by atoms with Crippen molar-refractivity contribution in [2.75, 3.05) is 11.9 Å². The number of aromatic nitrogens is 7. The summed E-state index contributed by atoms with van der Waals surface area (Å²) in [5, 5.41) is 41.6. The molecule has 2 aliphatic heterocycles. The van der Waals surface area contributed by atoms with Crippen LogP contribution in [0.3, 0.4) is 0 Å². The number of aliphatic hydroxyl groups is 1. The number of pyridine rings is 1. The molecule has 0 spiro atoms. The number of carboxylic acids is 1. The Labute approximate surface area is 442 Å². The zero-order valence-corrected chi connectivity index (χ0v) is 43.6. The molecule has 9 heterocycles. The van der Waals surface area contributed by atoms with Crippen LogP contribution in [-0.4, -0.2) is 110 Å². The first kappa shape index (κ1) is 50.5. The van der Waals surface area contributed by atoms with Gasteiger partial charge in [-0.1, -0.05) is 6.92 Å². The van der Waals surface area contributed by atoms with Crippen molar-refractivity contribution in [3.05, 3.63) is 76.0 Å². The number of amides is 7. The molecule has 1 saturated carbocycles. The van der Waals surface area contributed by atoms with Gasteiger partial charge in [0.05, 0.1) is 42.8 Å². The average Bonchev–Trinajstić information content (AvgIpc) is 4.23. The summed E-state index contributed by atoms with van der Waals surface area (Å²) in [6, 6.07) is 0.994. The van der Waals surface area contributed by atoms with Crippen LogP contribution in [0.4, 0.5) is 15.4 Å². The molecule has 29 heteroatoms. The van der Waals surface area contributed by atoms with Gasteiger partial charge in [-0.05, 0) is 44.7 Å². The number of hydrogen-bond donors (Lipinski definition) is 7. The maximum Gasteiger partial charge on any atom is 0.413 e. The fourth-order valence-electron chi connectivity index (χ4n) is 8.55. The van der Waals surface area contributed by atoms with E-state index in [1.54, 1.807) is 47.5 Å². The summed E-state index contributed by atoms with van der Waals surface area (Å²) in [6.07, 6.45) is -0.712. The molecule has 382 valence electrons. The van der Waals surface area contributed by atoms with Crippen molar-refractivity contribution in [2.45, 2.75) is 76.8 Å². The molecule has 1 aliphatic carbocycles. The van der Waals surface area contributed by atoms with Gasteiger partial charge in [0.1, 0.15) is 76.1 Å². The monoisotopic (exact) mass is 1120 g/mol. The first-order valence-electron chi connectivity index (χ1n) is 22.7. The van der Waals surface area contributed by atoms with Crippen LogP contribution in [0.2, 0.25) is 0 Å². The molecule has 3 aliphatic rings. The normalized spacial score (nSPS) is 21.3. The van der Waals surface area contributed by atoms with E-state index in [0.29, 0.717) is 83.9 Å². The molecule has 7 aromatic heterocycles. The van der Waals surface area contributed by atoms with Crippen molar-refractivity contribution >= 4 is 116 Å². The van der Waals surface area contributed by atoms with E-state index in [-0.39, 0.29) is 47.4 Å². The van der Waals surface area contributed by atoms with E-state index in [4.69, 9.17) is 30.4 Å². The number of carbonyl (C=O) groups is 7. The molecule has 1 saturated heterocycles. The molecule has 7 amide bonds. The molecule has 10 bridgehead atoms. The van der Waals surface area contributed by atoms with Crippen LogP contribution in [0.25, 0.3) is 43.4 Å². The maximum absolute atomic E-state index is 14.0. The molecular formula is C45H41N13O10S6. The first-order chi connectivity index (χ1) is 35.5. The lowest BCUT2D eigenvalue weighted by Crippen LogP contribution is -2.43. The van der Waals surface area contributed by atoms with Gasteiger partial charge in [0.2, 0.25) is 5.91 Å². The molecule has 23 nitrogen and oxygen atoms in total. The number of aryl methyl sites for hydroxylation is 1. The minimum Gasteiger partial charge on any atom is -0.481 e. The van der Waals surface area contributed by atoms with Crippen LogP contribution in [0.1, 0.15) is 102 Å². The minimum atomic E-state index is -1.03. The summed E-state index contributed by atoms with van der Waals surface area (Å²) in [5.74, 6) is -4.30. The summed E-state index contributed by atoms with van der Waals surface area (Å²) >= 11 is 7.10. The van der Waals surface area contributed by atoms with Gasteiger partial charge in [-0.2, -0.15) is 0 Å². The quantitative estimate of drug-likeness (QED) is 0.0936.